The summed E-state index contributed by atoms with van der Waals surface area (Å²) in [5.74, 6) is 0.443. The Kier molecular flexibility index (Phi) is 18.9. The van der Waals surface area contributed by atoms with E-state index in [0.717, 1.165) is 56.2 Å². The van der Waals surface area contributed by atoms with Crippen molar-refractivity contribution in [1.29, 1.82) is 0 Å². The summed E-state index contributed by atoms with van der Waals surface area (Å²) in [5.41, 5.74) is 4.62. The summed E-state index contributed by atoms with van der Waals surface area (Å²) >= 11 is 0. The van der Waals surface area contributed by atoms with E-state index in [1.807, 2.05) is 12.1 Å². The van der Waals surface area contributed by atoms with Crippen LogP contribution >= 0.6 is 0 Å². The number of unbranched alkanes of at least 4 members (excludes halogenated alkanes) is 7. The van der Waals surface area contributed by atoms with E-state index < -0.39 is 18.3 Å². The topological polar surface area (TPSA) is 111 Å². The van der Waals surface area contributed by atoms with Gasteiger partial charge >= 0.3 is 0 Å². The van der Waals surface area contributed by atoms with E-state index in [1.165, 1.54) is 55.7 Å². The molecular weight excluding hydrogens is 735 g/mol. The highest BCUT2D eigenvalue weighted by molar-refractivity contribution is 7.92. The fourth-order valence-corrected chi connectivity index (χ4v) is 9.13. The molecule has 314 valence electrons. The Morgan fingerprint density at radius 2 is 1.36 bits per heavy atom. The summed E-state index contributed by atoms with van der Waals surface area (Å²) in [7, 11) is -5.68. The predicted octanol–water partition coefficient (Wildman–Crippen LogP) is 11.1. The standard InChI is InChI=1S/C46H75N3O5SSi/c1-35(2)49(36(3)4)31-29-40(38-23-19-17-20-24-38)41-32-37(25-27-43(41)50)22-18-15-13-11-12-14-16-21-30-47-34-45(54-56(9,10)46(5,6)7)39-26-28-44(51)42(33-39)48-55(8,52)53/h17,19-20,23-28,32-33,35-36,40,45,47-48,50-51H,11-16,18,21-22,29-31,34H2,1-10H3. The van der Waals surface area contributed by atoms with Crippen LogP contribution in [0.1, 0.15) is 141 Å². The Balaban J connectivity index is 1.43. The second-order valence-corrected chi connectivity index (χ2v) is 24.4. The highest BCUT2D eigenvalue weighted by Crippen LogP contribution is 2.41. The van der Waals surface area contributed by atoms with Crippen molar-refractivity contribution in [2.24, 2.45) is 0 Å². The molecule has 0 aliphatic carbocycles. The van der Waals surface area contributed by atoms with E-state index in [1.54, 1.807) is 6.07 Å². The summed E-state index contributed by atoms with van der Waals surface area (Å²) in [6.45, 7) is 22.6. The molecule has 3 aromatic rings. The molecule has 0 bridgehead atoms. The van der Waals surface area contributed by atoms with Crippen molar-refractivity contribution < 1.29 is 23.1 Å². The first-order chi connectivity index (χ1) is 26.3. The van der Waals surface area contributed by atoms with Crippen LogP contribution in [0.25, 0.3) is 0 Å². The average Bonchev–Trinajstić information content (AvgIpc) is 3.10. The highest BCUT2D eigenvalue weighted by atomic mass is 32.2. The minimum Gasteiger partial charge on any atom is -0.508 e. The molecule has 2 atom stereocenters. The molecule has 10 heteroatoms. The van der Waals surface area contributed by atoms with Crippen molar-refractivity contribution in [3.63, 3.8) is 0 Å². The van der Waals surface area contributed by atoms with Crippen molar-refractivity contribution >= 4 is 24.0 Å². The van der Waals surface area contributed by atoms with Gasteiger partial charge in [0.25, 0.3) is 0 Å². The number of aryl methyl sites for hydroxylation is 1. The first-order valence-electron chi connectivity index (χ1n) is 21.1. The largest absolute Gasteiger partial charge is 0.508 e. The lowest BCUT2D eigenvalue weighted by Crippen LogP contribution is -2.43. The third-order valence-corrected chi connectivity index (χ3v) is 16.6. The van der Waals surface area contributed by atoms with Gasteiger partial charge < -0.3 is 20.0 Å². The van der Waals surface area contributed by atoms with Crippen LogP contribution in [0.4, 0.5) is 5.69 Å². The molecule has 0 aliphatic rings. The summed E-state index contributed by atoms with van der Waals surface area (Å²) in [5, 5.41) is 25.0. The average molecular weight is 810 g/mol. The molecule has 3 rings (SSSR count). The minimum atomic E-state index is -3.54. The van der Waals surface area contributed by atoms with E-state index in [4.69, 9.17) is 4.43 Å². The van der Waals surface area contributed by atoms with Crippen molar-refractivity contribution in [2.75, 3.05) is 30.6 Å². The predicted molar refractivity (Wildman–Crippen MR) is 239 cm³/mol. The molecule has 0 saturated carbocycles. The fourth-order valence-electron chi connectivity index (χ4n) is 7.28. The normalized spacial score (nSPS) is 13.8. The Morgan fingerprint density at radius 3 is 1.95 bits per heavy atom. The Labute approximate surface area is 342 Å². The molecule has 2 unspecified atom stereocenters. The van der Waals surface area contributed by atoms with Gasteiger partial charge in [-0.2, -0.15) is 0 Å². The zero-order chi connectivity index (χ0) is 41.5. The molecule has 56 heavy (non-hydrogen) atoms. The maximum absolute atomic E-state index is 11.9. The third kappa shape index (κ3) is 15.8. The first kappa shape index (κ1) is 47.5. The molecule has 0 fully saturated rings. The van der Waals surface area contributed by atoms with Crippen LogP contribution in [0.15, 0.2) is 66.7 Å². The van der Waals surface area contributed by atoms with Gasteiger partial charge in [-0.25, -0.2) is 8.42 Å². The molecule has 0 amide bonds. The zero-order valence-electron chi connectivity index (χ0n) is 36.3. The summed E-state index contributed by atoms with van der Waals surface area (Å²) in [6, 6.07) is 22.9. The zero-order valence-corrected chi connectivity index (χ0v) is 38.1. The molecule has 0 saturated heterocycles. The lowest BCUT2D eigenvalue weighted by atomic mass is 9.86. The maximum Gasteiger partial charge on any atom is 0.229 e. The van der Waals surface area contributed by atoms with Crippen molar-refractivity contribution in [3.05, 3.63) is 89.0 Å². The van der Waals surface area contributed by atoms with E-state index in [9.17, 15) is 18.6 Å². The van der Waals surface area contributed by atoms with Gasteiger partial charge in [-0.15, -0.1) is 0 Å². The van der Waals surface area contributed by atoms with Crippen LogP contribution < -0.4 is 10.0 Å². The van der Waals surface area contributed by atoms with Gasteiger partial charge in [0.2, 0.25) is 10.0 Å². The number of hydrogen-bond acceptors (Lipinski definition) is 7. The second kappa shape index (κ2) is 22.3. The summed E-state index contributed by atoms with van der Waals surface area (Å²) < 4.78 is 33.0. The van der Waals surface area contributed by atoms with Crippen molar-refractivity contribution in [1.82, 2.24) is 10.2 Å². The smallest absolute Gasteiger partial charge is 0.229 e. The molecule has 4 N–H and O–H groups in total. The number of phenols is 2. The molecule has 0 radical (unpaired) electrons. The van der Waals surface area contributed by atoms with Crippen LogP contribution in [-0.2, 0) is 20.9 Å². The van der Waals surface area contributed by atoms with Crippen molar-refractivity contribution in [2.45, 2.75) is 155 Å². The van der Waals surface area contributed by atoms with Gasteiger partial charge in [0, 0.05) is 30.1 Å². The Morgan fingerprint density at radius 1 is 0.768 bits per heavy atom. The number of hydrogen-bond donors (Lipinski definition) is 4. The number of anilines is 1. The summed E-state index contributed by atoms with van der Waals surface area (Å²) in [6.07, 6.45) is 12.4. The third-order valence-electron chi connectivity index (χ3n) is 11.5. The summed E-state index contributed by atoms with van der Waals surface area (Å²) in [4.78, 5) is 2.54. The molecule has 0 heterocycles. The number of phenolic OH excluding ortho intramolecular Hbond substituents is 2. The SMILES string of the molecule is CC(C)N(CCC(c1ccccc1)c1cc(CCCCCCCCCCNCC(O[Si](C)(C)C(C)(C)C)c2ccc(O)c(NS(C)(=O)=O)c2)ccc1O)C(C)C. The Bertz CT molecular complexity index is 1700. The van der Waals surface area contributed by atoms with Crippen LogP contribution in [0.3, 0.4) is 0 Å². The molecule has 0 spiro atoms. The minimum absolute atomic E-state index is 0.0142. The monoisotopic (exact) mass is 810 g/mol. The highest BCUT2D eigenvalue weighted by Gasteiger charge is 2.39. The number of sulfonamides is 1. The van der Waals surface area contributed by atoms with E-state index in [2.05, 4.69) is 119 Å². The van der Waals surface area contributed by atoms with Crippen LogP contribution in [0.2, 0.25) is 18.1 Å². The van der Waals surface area contributed by atoms with Gasteiger partial charge in [0.05, 0.1) is 18.0 Å². The van der Waals surface area contributed by atoms with Crippen LogP contribution in [-0.4, -0.2) is 69.8 Å². The molecule has 8 nitrogen and oxygen atoms in total. The molecule has 0 aromatic heterocycles. The van der Waals surface area contributed by atoms with E-state index in [-0.39, 0.29) is 28.5 Å². The Hall–Kier alpha value is -2.89. The molecule has 3 aromatic carbocycles. The lowest BCUT2D eigenvalue weighted by molar-refractivity contribution is 0.170. The maximum atomic E-state index is 11.9. The number of nitrogens with one attached hydrogen (secondary N) is 2. The molecule has 0 aliphatic heterocycles. The van der Waals surface area contributed by atoms with Gasteiger partial charge in [0.15, 0.2) is 8.32 Å². The number of benzene rings is 3. The van der Waals surface area contributed by atoms with E-state index in [0.29, 0.717) is 24.4 Å². The second-order valence-electron chi connectivity index (χ2n) is 17.9. The number of nitrogens with zero attached hydrogens (tertiary/aromatic N) is 1. The first-order valence-corrected chi connectivity index (χ1v) is 25.9. The number of aromatic hydroxyl groups is 2. The lowest BCUT2D eigenvalue weighted by Gasteiger charge is -2.39. The van der Waals surface area contributed by atoms with Crippen LogP contribution in [0.5, 0.6) is 11.5 Å². The molecular formula is C46H75N3O5SSi. The quantitative estimate of drug-likeness (QED) is 0.0383. The van der Waals surface area contributed by atoms with Gasteiger partial charge in [-0.3, -0.25) is 9.62 Å². The van der Waals surface area contributed by atoms with Gasteiger partial charge in [-0.05, 0) is 119 Å². The van der Waals surface area contributed by atoms with Gasteiger partial charge in [0.1, 0.15) is 11.5 Å². The van der Waals surface area contributed by atoms with Crippen LogP contribution in [0, 0.1) is 0 Å². The van der Waals surface area contributed by atoms with Crippen molar-refractivity contribution in [3.8, 4) is 11.5 Å². The van der Waals surface area contributed by atoms with E-state index >= 15 is 0 Å². The van der Waals surface area contributed by atoms with Gasteiger partial charge in [-0.1, -0.05) is 108 Å². The fraction of sp³-hybridized carbons (Fsp3) is 0.609. The number of rotatable bonds is 25.